The molecule has 2 aromatic rings. The molecule has 2 rings (SSSR count). The average molecular weight is 273 g/mol. The van der Waals surface area contributed by atoms with Gasteiger partial charge in [-0.05, 0) is 31.5 Å². The smallest absolute Gasteiger partial charge is 0.244 e. The van der Waals surface area contributed by atoms with Crippen LogP contribution in [0.5, 0.6) is 0 Å². The molecule has 0 bridgehead atoms. The lowest BCUT2D eigenvalue weighted by Gasteiger charge is -2.22. The normalized spacial score (nSPS) is 13.8. The number of nitrogens with one attached hydrogen (secondary N) is 1. The van der Waals surface area contributed by atoms with E-state index in [1.54, 1.807) is 13.1 Å². The summed E-state index contributed by atoms with van der Waals surface area (Å²) < 4.78 is 5.24. The first-order chi connectivity index (χ1) is 9.53. The molecule has 0 saturated heterocycles. The molecule has 106 valence electrons. The molecule has 1 aromatic heterocycles. The Hall–Kier alpha value is -2.14. The summed E-state index contributed by atoms with van der Waals surface area (Å²) in [6, 6.07) is 7.33. The number of anilines is 1. The number of oxazole rings is 1. The average Bonchev–Trinajstić information content (AvgIpc) is 2.93. The molecule has 1 atom stereocenters. The molecule has 1 amide bonds. The lowest BCUT2D eigenvalue weighted by molar-refractivity contribution is -0.120. The summed E-state index contributed by atoms with van der Waals surface area (Å²) in [5.41, 5.74) is 6.63. The van der Waals surface area contributed by atoms with Gasteiger partial charge in [0.25, 0.3) is 0 Å². The molecule has 0 aliphatic rings. The number of aromatic nitrogens is 1. The molecule has 0 aliphatic carbocycles. The number of amides is 1. The summed E-state index contributed by atoms with van der Waals surface area (Å²) in [5.74, 6) is 0.328. The van der Waals surface area contributed by atoms with Crippen LogP contribution in [-0.2, 0) is 4.79 Å². The molecule has 0 spiro atoms. The van der Waals surface area contributed by atoms with Crippen LogP contribution in [0.15, 0.2) is 41.1 Å². The van der Waals surface area contributed by atoms with Gasteiger partial charge in [-0.25, -0.2) is 4.98 Å². The minimum atomic E-state index is -0.867. The highest BCUT2D eigenvalue weighted by atomic mass is 16.3. The first-order valence-corrected chi connectivity index (χ1v) is 6.63. The zero-order chi connectivity index (χ0) is 14.6. The van der Waals surface area contributed by atoms with E-state index in [2.05, 4.69) is 10.3 Å². The van der Waals surface area contributed by atoms with Crippen molar-refractivity contribution in [2.24, 2.45) is 5.73 Å². The molecule has 1 unspecified atom stereocenters. The van der Waals surface area contributed by atoms with Gasteiger partial charge in [0, 0.05) is 11.3 Å². The summed E-state index contributed by atoms with van der Waals surface area (Å²) in [7, 11) is 0. The maximum absolute atomic E-state index is 12.1. The van der Waals surface area contributed by atoms with E-state index in [0.29, 0.717) is 18.0 Å². The Morgan fingerprint density at radius 3 is 2.95 bits per heavy atom. The lowest BCUT2D eigenvalue weighted by Crippen LogP contribution is -2.48. The Labute approximate surface area is 118 Å². The van der Waals surface area contributed by atoms with E-state index in [1.165, 1.54) is 6.26 Å². The third-order valence-corrected chi connectivity index (χ3v) is 3.09. The summed E-state index contributed by atoms with van der Waals surface area (Å²) in [6.45, 7) is 3.74. The minimum Gasteiger partial charge on any atom is -0.445 e. The predicted octanol–water partition coefficient (Wildman–Crippen LogP) is 2.80. The fraction of sp³-hybridized carbons (Fsp3) is 0.333. The van der Waals surface area contributed by atoms with Crippen molar-refractivity contribution in [1.29, 1.82) is 0 Å². The van der Waals surface area contributed by atoms with Crippen molar-refractivity contribution in [2.45, 2.75) is 32.2 Å². The highest BCUT2D eigenvalue weighted by molar-refractivity contribution is 5.97. The zero-order valence-corrected chi connectivity index (χ0v) is 11.7. The summed E-state index contributed by atoms with van der Waals surface area (Å²) in [6.07, 6.45) is 4.59. The monoisotopic (exact) mass is 273 g/mol. The maximum atomic E-state index is 12.1. The van der Waals surface area contributed by atoms with Crippen molar-refractivity contribution in [3.05, 3.63) is 36.7 Å². The largest absolute Gasteiger partial charge is 0.445 e. The van der Waals surface area contributed by atoms with E-state index in [4.69, 9.17) is 10.2 Å². The highest BCUT2D eigenvalue weighted by Gasteiger charge is 2.27. The summed E-state index contributed by atoms with van der Waals surface area (Å²) in [5, 5.41) is 2.84. The number of nitrogens with two attached hydrogens (primary N) is 1. The highest BCUT2D eigenvalue weighted by Crippen LogP contribution is 2.22. The third kappa shape index (κ3) is 3.24. The molecule has 0 fully saturated rings. The van der Waals surface area contributed by atoms with Crippen LogP contribution < -0.4 is 11.1 Å². The fourth-order valence-corrected chi connectivity index (χ4v) is 2.00. The van der Waals surface area contributed by atoms with Gasteiger partial charge in [-0.1, -0.05) is 19.4 Å². The van der Waals surface area contributed by atoms with Crippen LogP contribution in [0.4, 0.5) is 5.69 Å². The van der Waals surface area contributed by atoms with Crippen molar-refractivity contribution in [3.63, 3.8) is 0 Å². The second-order valence-corrected chi connectivity index (χ2v) is 5.04. The van der Waals surface area contributed by atoms with Gasteiger partial charge < -0.3 is 15.5 Å². The van der Waals surface area contributed by atoms with Gasteiger partial charge in [-0.2, -0.15) is 0 Å². The van der Waals surface area contributed by atoms with Gasteiger partial charge in [-0.15, -0.1) is 0 Å². The van der Waals surface area contributed by atoms with Crippen LogP contribution >= 0.6 is 0 Å². The standard InChI is InChI=1S/C15H19N3O2/c1-3-7-15(2,16)14(19)18-12-6-4-5-11(10-12)13-17-8-9-20-13/h4-6,8-10H,3,7,16H2,1-2H3,(H,18,19). The van der Waals surface area contributed by atoms with Crippen molar-refractivity contribution in [3.8, 4) is 11.5 Å². The quantitative estimate of drug-likeness (QED) is 0.877. The SMILES string of the molecule is CCCC(C)(N)C(=O)Nc1cccc(-c2ncco2)c1. The first kappa shape index (κ1) is 14.3. The second kappa shape index (κ2) is 5.88. The number of carbonyl (C=O) groups is 1. The molecule has 0 aliphatic heterocycles. The summed E-state index contributed by atoms with van der Waals surface area (Å²) >= 11 is 0. The van der Waals surface area contributed by atoms with Gasteiger partial charge in [-0.3, -0.25) is 4.79 Å². The lowest BCUT2D eigenvalue weighted by atomic mass is 9.96. The van der Waals surface area contributed by atoms with Gasteiger partial charge in [0.2, 0.25) is 11.8 Å². The van der Waals surface area contributed by atoms with Crippen LogP contribution in [0.25, 0.3) is 11.5 Å². The van der Waals surface area contributed by atoms with Crippen LogP contribution in [0.1, 0.15) is 26.7 Å². The third-order valence-electron chi connectivity index (χ3n) is 3.09. The molecule has 1 aromatic carbocycles. The van der Waals surface area contributed by atoms with Crippen LogP contribution in [0.3, 0.4) is 0 Å². The van der Waals surface area contributed by atoms with E-state index >= 15 is 0 Å². The molecular weight excluding hydrogens is 254 g/mol. The number of benzene rings is 1. The zero-order valence-electron chi connectivity index (χ0n) is 11.7. The Morgan fingerprint density at radius 2 is 2.30 bits per heavy atom. The van der Waals surface area contributed by atoms with Crippen molar-refractivity contribution < 1.29 is 9.21 Å². The van der Waals surface area contributed by atoms with Crippen LogP contribution in [0.2, 0.25) is 0 Å². The minimum absolute atomic E-state index is 0.191. The molecule has 5 nitrogen and oxygen atoms in total. The number of hydrogen-bond donors (Lipinski definition) is 2. The van der Waals surface area contributed by atoms with E-state index in [1.807, 2.05) is 31.2 Å². The molecule has 20 heavy (non-hydrogen) atoms. The Balaban J connectivity index is 2.14. The molecule has 3 N–H and O–H groups in total. The summed E-state index contributed by atoms with van der Waals surface area (Å²) in [4.78, 5) is 16.2. The van der Waals surface area contributed by atoms with Gasteiger partial charge in [0.1, 0.15) is 6.26 Å². The molecular formula is C15H19N3O2. The fourth-order valence-electron chi connectivity index (χ4n) is 2.00. The number of nitrogens with zero attached hydrogens (tertiary/aromatic N) is 1. The molecule has 5 heteroatoms. The Morgan fingerprint density at radius 1 is 1.50 bits per heavy atom. The van der Waals surface area contributed by atoms with Crippen molar-refractivity contribution >= 4 is 11.6 Å². The Kier molecular flexibility index (Phi) is 4.20. The van der Waals surface area contributed by atoms with Crippen molar-refractivity contribution in [2.75, 3.05) is 5.32 Å². The molecule has 0 saturated carbocycles. The number of hydrogen-bond acceptors (Lipinski definition) is 4. The van der Waals surface area contributed by atoms with Crippen molar-refractivity contribution in [1.82, 2.24) is 4.98 Å². The van der Waals surface area contributed by atoms with Gasteiger partial charge in [0.05, 0.1) is 11.7 Å². The second-order valence-electron chi connectivity index (χ2n) is 5.04. The predicted molar refractivity (Wildman–Crippen MR) is 78.1 cm³/mol. The Bertz CT molecular complexity index is 577. The van der Waals surface area contributed by atoms with E-state index in [-0.39, 0.29) is 5.91 Å². The topological polar surface area (TPSA) is 81.2 Å². The van der Waals surface area contributed by atoms with Gasteiger partial charge >= 0.3 is 0 Å². The number of carbonyl (C=O) groups excluding carboxylic acids is 1. The first-order valence-electron chi connectivity index (χ1n) is 6.63. The van der Waals surface area contributed by atoms with E-state index < -0.39 is 5.54 Å². The maximum Gasteiger partial charge on any atom is 0.244 e. The van der Waals surface area contributed by atoms with Crippen LogP contribution in [0, 0.1) is 0 Å². The van der Waals surface area contributed by atoms with Crippen LogP contribution in [-0.4, -0.2) is 16.4 Å². The molecule has 0 radical (unpaired) electrons. The molecule has 1 heterocycles. The number of rotatable bonds is 5. The van der Waals surface area contributed by atoms with E-state index in [9.17, 15) is 4.79 Å². The van der Waals surface area contributed by atoms with E-state index in [0.717, 1.165) is 12.0 Å². The van der Waals surface area contributed by atoms with Gasteiger partial charge in [0.15, 0.2) is 0 Å².